The average molecular weight is 260 g/mol. The number of ether oxygens (including phenoxy) is 1. The third-order valence-corrected chi connectivity index (χ3v) is 4.29. The van der Waals surface area contributed by atoms with Crippen molar-refractivity contribution in [1.82, 2.24) is 4.98 Å². The lowest BCUT2D eigenvalue weighted by atomic mass is 9.93. The van der Waals surface area contributed by atoms with Gasteiger partial charge in [0.15, 0.2) is 5.13 Å². The highest BCUT2D eigenvalue weighted by molar-refractivity contribution is 7.16. The second-order valence-corrected chi connectivity index (χ2v) is 5.43. The summed E-state index contributed by atoms with van der Waals surface area (Å²) in [4.78, 5) is 6.10. The Morgan fingerprint density at radius 3 is 3.06 bits per heavy atom. The van der Waals surface area contributed by atoms with Crippen molar-refractivity contribution >= 4 is 16.5 Å². The Labute approximate surface area is 111 Å². The molecule has 1 aromatic carbocycles. The third kappa shape index (κ3) is 1.86. The Bertz CT molecular complexity index is 577. The number of hydrogen-bond donors (Lipinski definition) is 1. The molecular weight excluding hydrogens is 244 g/mol. The van der Waals surface area contributed by atoms with Gasteiger partial charge < -0.3 is 10.1 Å². The van der Waals surface area contributed by atoms with Crippen LogP contribution in [0.5, 0.6) is 5.75 Å². The minimum atomic E-state index is 0.919. The SMILES string of the molecule is CCNc1nc2c(s1)CCc1cc(OC)ccc1-2. The second kappa shape index (κ2) is 4.61. The van der Waals surface area contributed by atoms with E-state index in [9.17, 15) is 0 Å². The number of hydrogen-bond acceptors (Lipinski definition) is 4. The minimum Gasteiger partial charge on any atom is -0.497 e. The summed E-state index contributed by atoms with van der Waals surface area (Å²) in [7, 11) is 1.71. The van der Waals surface area contributed by atoms with Crippen molar-refractivity contribution in [2.45, 2.75) is 19.8 Å². The number of aryl methyl sites for hydroxylation is 2. The largest absolute Gasteiger partial charge is 0.497 e. The molecule has 1 aliphatic rings. The zero-order chi connectivity index (χ0) is 12.5. The van der Waals surface area contributed by atoms with E-state index >= 15 is 0 Å². The monoisotopic (exact) mass is 260 g/mol. The number of methoxy groups -OCH3 is 1. The van der Waals surface area contributed by atoms with Gasteiger partial charge in [0.2, 0.25) is 0 Å². The molecule has 3 rings (SSSR count). The molecule has 0 amide bonds. The Morgan fingerprint density at radius 2 is 2.28 bits per heavy atom. The molecule has 0 spiro atoms. The van der Waals surface area contributed by atoms with Crippen LogP contribution in [0.25, 0.3) is 11.3 Å². The molecule has 1 N–H and O–H groups in total. The summed E-state index contributed by atoms with van der Waals surface area (Å²) in [6, 6.07) is 6.27. The van der Waals surface area contributed by atoms with E-state index in [1.165, 1.54) is 16.0 Å². The van der Waals surface area contributed by atoms with Crippen molar-refractivity contribution in [3.8, 4) is 17.0 Å². The predicted octanol–water partition coefficient (Wildman–Crippen LogP) is 3.35. The number of anilines is 1. The Balaban J connectivity index is 2.05. The van der Waals surface area contributed by atoms with Crippen LogP contribution < -0.4 is 10.1 Å². The highest BCUT2D eigenvalue weighted by atomic mass is 32.1. The molecule has 0 atom stereocenters. The number of benzene rings is 1. The lowest BCUT2D eigenvalue weighted by molar-refractivity contribution is 0.414. The van der Waals surface area contributed by atoms with Crippen LogP contribution >= 0.6 is 11.3 Å². The van der Waals surface area contributed by atoms with Crippen LogP contribution in [0.15, 0.2) is 18.2 Å². The molecule has 1 aliphatic carbocycles. The molecule has 0 saturated heterocycles. The molecule has 0 saturated carbocycles. The van der Waals surface area contributed by atoms with Gasteiger partial charge in [-0.05, 0) is 43.5 Å². The summed E-state index contributed by atoms with van der Waals surface area (Å²) in [6.07, 6.45) is 2.16. The molecule has 0 aliphatic heterocycles. The summed E-state index contributed by atoms with van der Waals surface area (Å²) < 4.78 is 5.28. The fourth-order valence-electron chi connectivity index (χ4n) is 2.34. The second-order valence-electron chi connectivity index (χ2n) is 4.34. The van der Waals surface area contributed by atoms with Gasteiger partial charge in [0.05, 0.1) is 12.8 Å². The highest BCUT2D eigenvalue weighted by Gasteiger charge is 2.21. The van der Waals surface area contributed by atoms with Gasteiger partial charge in [0.25, 0.3) is 0 Å². The van der Waals surface area contributed by atoms with Gasteiger partial charge in [-0.2, -0.15) is 0 Å². The Hall–Kier alpha value is -1.55. The number of nitrogens with zero attached hydrogens (tertiary/aromatic N) is 1. The van der Waals surface area contributed by atoms with Crippen molar-refractivity contribution in [2.75, 3.05) is 19.0 Å². The lowest BCUT2D eigenvalue weighted by Crippen LogP contribution is -2.02. The van der Waals surface area contributed by atoms with E-state index in [0.717, 1.165) is 36.0 Å². The fraction of sp³-hybridized carbons (Fsp3) is 0.357. The summed E-state index contributed by atoms with van der Waals surface area (Å²) in [5.74, 6) is 0.930. The van der Waals surface area contributed by atoms with Gasteiger partial charge in [0.1, 0.15) is 5.75 Å². The van der Waals surface area contributed by atoms with E-state index in [2.05, 4.69) is 24.4 Å². The predicted molar refractivity (Wildman–Crippen MR) is 75.7 cm³/mol. The number of fused-ring (bicyclic) bond motifs is 3. The van der Waals surface area contributed by atoms with Gasteiger partial charge >= 0.3 is 0 Å². The van der Waals surface area contributed by atoms with Crippen LogP contribution in [0.3, 0.4) is 0 Å². The Morgan fingerprint density at radius 1 is 1.39 bits per heavy atom. The first-order chi connectivity index (χ1) is 8.81. The first kappa shape index (κ1) is 11.5. The normalized spacial score (nSPS) is 12.8. The topological polar surface area (TPSA) is 34.2 Å². The molecule has 2 aromatic rings. The van der Waals surface area contributed by atoms with Crippen LogP contribution in [0.1, 0.15) is 17.4 Å². The van der Waals surface area contributed by atoms with Crippen molar-refractivity contribution < 1.29 is 4.74 Å². The maximum Gasteiger partial charge on any atom is 0.183 e. The van der Waals surface area contributed by atoms with Gasteiger partial charge in [-0.3, -0.25) is 0 Å². The van der Waals surface area contributed by atoms with Crippen LogP contribution in [0.2, 0.25) is 0 Å². The molecule has 1 heterocycles. The molecule has 0 fully saturated rings. The van der Waals surface area contributed by atoms with Crippen LogP contribution in [0, 0.1) is 0 Å². The molecule has 0 radical (unpaired) electrons. The molecule has 1 aromatic heterocycles. The molecular formula is C14H16N2OS. The van der Waals surface area contributed by atoms with E-state index in [4.69, 9.17) is 9.72 Å². The van der Waals surface area contributed by atoms with Gasteiger partial charge in [-0.25, -0.2) is 4.98 Å². The summed E-state index contributed by atoms with van der Waals surface area (Å²) >= 11 is 1.78. The van der Waals surface area contributed by atoms with Gasteiger partial charge in [0, 0.05) is 17.0 Å². The van der Waals surface area contributed by atoms with E-state index in [1.807, 2.05) is 6.07 Å². The molecule has 0 bridgehead atoms. The summed E-state index contributed by atoms with van der Waals surface area (Å²) in [6.45, 7) is 3.01. The van der Waals surface area contributed by atoms with Crippen molar-refractivity contribution in [1.29, 1.82) is 0 Å². The van der Waals surface area contributed by atoms with Crippen LogP contribution in [-0.2, 0) is 12.8 Å². The molecule has 18 heavy (non-hydrogen) atoms. The number of rotatable bonds is 3. The van der Waals surface area contributed by atoms with Crippen LogP contribution in [0.4, 0.5) is 5.13 Å². The standard InChI is InChI=1S/C14H16N2OS/c1-3-15-14-16-13-11-6-5-10(17-2)8-9(11)4-7-12(13)18-14/h5-6,8H,3-4,7H2,1-2H3,(H,15,16). The molecule has 4 heteroatoms. The smallest absolute Gasteiger partial charge is 0.183 e. The summed E-state index contributed by atoms with van der Waals surface area (Å²) in [5, 5.41) is 4.33. The van der Waals surface area contributed by atoms with Crippen molar-refractivity contribution in [3.05, 3.63) is 28.6 Å². The maximum atomic E-state index is 5.28. The Kier molecular flexibility index (Phi) is 2.96. The van der Waals surface area contributed by atoms with Crippen molar-refractivity contribution in [2.24, 2.45) is 0 Å². The molecule has 0 unspecified atom stereocenters. The third-order valence-electron chi connectivity index (χ3n) is 3.21. The van der Waals surface area contributed by atoms with Crippen molar-refractivity contribution in [3.63, 3.8) is 0 Å². The van der Waals surface area contributed by atoms with Crippen LogP contribution in [-0.4, -0.2) is 18.6 Å². The fourth-order valence-corrected chi connectivity index (χ4v) is 3.38. The number of aromatic nitrogens is 1. The highest BCUT2D eigenvalue weighted by Crippen LogP contribution is 2.39. The zero-order valence-corrected chi connectivity index (χ0v) is 11.4. The van der Waals surface area contributed by atoms with E-state index < -0.39 is 0 Å². The molecule has 94 valence electrons. The molecule has 3 nitrogen and oxygen atoms in total. The first-order valence-corrected chi connectivity index (χ1v) is 7.04. The minimum absolute atomic E-state index is 0.919. The number of nitrogens with one attached hydrogen (secondary N) is 1. The van der Waals surface area contributed by atoms with Gasteiger partial charge in [-0.15, -0.1) is 11.3 Å². The number of thiazole rings is 1. The first-order valence-electron chi connectivity index (χ1n) is 6.22. The quantitative estimate of drug-likeness (QED) is 0.919. The van der Waals surface area contributed by atoms with E-state index in [1.54, 1.807) is 18.4 Å². The van der Waals surface area contributed by atoms with E-state index in [0.29, 0.717) is 0 Å². The van der Waals surface area contributed by atoms with Gasteiger partial charge in [-0.1, -0.05) is 0 Å². The van der Waals surface area contributed by atoms with E-state index in [-0.39, 0.29) is 0 Å². The summed E-state index contributed by atoms with van der Waals surface area (Å²) in [5.41, 5.74) is 3.76. The lowest BCUT2D eigenvalue weighted by Gasteiger charge is -2.15. The maximum absolute atomic E-state index is 5.28. The zero-order valence-electron chi connectivity index (χ0n) is 10.6. The average Bonchev–Trinajstić information content (AvgIpc) is 2.81.